The van der Waals surface area contributed by atoms with Gasteiger partial charge in [-0.2, -0.15) is 5.26 Å². The molecule has 2 aliphatic heterocycles. The molecular formula is C22H17ClN4O5. The Morgan fingerprint density at radius 1 is 1.25 bits per heavy atom. The van der Waals surface area contributed by atoms with E-state index in [1.165, 1.54) is 23.1 Å². The molecule has 4 amide bonds. The smallest absolute Gasteiger partial charge is 0.411 e. The van der Waals surface area contributed by atoms with Gasteiger partial charge in [0.05, 0.1) is 11.6 Å². The van der Waals surface area contributed by atoms with Crippen LogP contribution in [0, 0.1) is 11.3 Å². The van der Waals surface area contributed by atoms with Crippen molar-refractivity contribution in [3.8, 4) is 6.07 Å². The van der Waals surface area contributed by atoms with Crippen LogP contribution in [-0.4, -0.2) is 34.8 Å². The molecule has 2 heterocycles. The van der Waals surface area contributed by atoms with Crippen LogP contribution in [0.15, 0.2) is 36.4 Å². The molecule has 0 saturated carbocycles. The molecular weight excluding hydrogens is 436 g/mol. The van der Waals surface area contributed by atoms with Gasteiger partial charge < -0.3 is 9.64 Å². The lowest BCUT2D eigenvalue weighted by molar-refractivity contribution is -0.136. The lowest BCUT2D eigenvalue weighted by Crippen LogP contribution is -2.52. The number of benzene rings is 2. The van der Waals surface area contributed by atoms with Crippen LogP contribution in [0.3, 0.4) is 0 Å². The zero-order chi connectivity index (χ0) is 22.8. The van der Waals surface area contributed by atoms with Gasteiger partial charge in [0.2, 0.25) is 11.8 Å². The maximum atomic E-state index is 12.8. The van der Waals surface area contributed by atoms with Crippen molar-refractivity contribution in [2.75, 3.05) is 5.32 Å². The van der Waals surface area contributed by atoms with Crippen LogP contribution in [-0.2, 0) is 27.5 Å². The highest BCUT2D eigenvalue weighted by atomic mass is 35.5. The van der Waals surface area contributed by atoms with E-state index in [-0.39, 0.29) is 37.8 Å². The minimum absolute atomic E-state index is 0.0868. The van der Waals surface area contributed by atoms with E-state index in [2.05, 4.69) is 10.6 Å². The zero-order valence-electron chi connectivity index (χ0n) is 16.7. The van der Waals surface area contributed by atoms with Gasteiger partial charge in [0.25, 0.3) is 5.91 Å². The number of carbonyl (C=O) groups excluding carboxylic acids is 4. The number of halogens is 1. The number of nitriles is 1. The molecule has 32 heavy (non-hydrogen) atoms. The second-order valence-corrected chi connectivity index (χ2v) is 7.87. The molecule has 9 nitrogen and oxygen atoms in total. The van der Waals surface area contributed by atoms with Crippen LogP contribution >= 0.6 is 11.6 Å². The molecule has 0 bridgehead atoms. The number of ether oxygens (including phenoxy) is 1. The molecule has 1 atom stereocenters. The van der Waals surface area contributed by atoms with E-state index in [0.29, 0.717) is 27.4 Å². The average molecular weight is 453 g/mol. The van der Waals surface area contributed by atoms with Crippen molar-refractivity contribution in [1.29, 1.82) is 5.26 Å². The molecule has 2 N–H and O–H groups in total. The summed E-state index contributed by atoms with van der Waals surface area (Å²) in [5.41, 5.74) is 2.41. The Bertz CT molecular complexity index is 1190. The summed E-state index contributed by atoms with van der Waals surface area (Å²) in [5.74, 6) is -1.11. The standard InChI is InChI=1S/C22H17ClN4O5/c23-15-5-13(9-24)6-16(8-15)25-22(31)32-11-12-1-2-14-10-27(21(30)17(14)7-12)18-3-4-19(28)26-20(18)29/h1-2,5-8,18H,3-4,10-11H2,(H,25,31)(H,26,28,29). The van der Waals surface area contributed by atoms with Crippen LogP contribution < -0.4 is 10.6 Å². The first-order valence-corrected chi connectivity index (χ1v) is 10.1. The Morgan fingerprint density at radius 3 is 2.81 bits per heavy atom. The maximum absolute atomic E-state index is 12.8. The Balaban J connectivity index is 1.39. The fourth-order valence-electron chi connectivity index (χ4n) is 3.72. The zero-order valence-corrected chi connectivity index (χ0v) is 17.4. The number of nitrogens with one attached hydrogen (secondary N) is 2. The Hall–Kier alpha value is -3.90. The normalized spacial score (nSPS) is 17.4. The van der Waals surface area contributed by atoms with Gasteiger partial charge in [-0.25, -0.2) is 4.79 Å². The second-order valence-electron chi connectivity index (χ2n) is 7.43. The largest absolute Gasteiger partial charge is 0.444 e. The monoisotopic (exact) mass is 452 g/mol. The lowest BCUT2D eigenvalue weighted by atomic mass is 10.0. The number of anilines is 1. The molecule has 1 unspecified atom stereocenters. The van der Waals surface area contributed by atoms with Crippen molar-refractivity contribution in [2.24, 2.45) is 0 Å². The summed E-state index contributed by atoms with van der Waals surface area (Å²) < 4.78 is 5.21. The fraction of sp³-hybridized carbons (Fsp3) is 0.227. The molecule has 0 aliphatic carbocycles. The molecule has 4 rings (SSSR count). The minimum atomic E-state index is -0.742. The summed E-state index contributed by atoms with van der Waals surface area (Å²) in [7, 11) is 0. The third-order valence-electron chi connectivity index (χ3n) is 5.24. The molecule has 162 valence electrons. The van der Waals surface area contributed by atoms with Crippen LogP contribution in [0.1, 0.15) is 39.9 Å². The molecule has 2 aromatic carbocycles. The second kappa shape index (κ2) is 8.69. The molecule has 10 heteroatoms. The number of imide groups is 1. The van der Waals surface area contributed by atoms with Crippen molar-refractivity contribution < 1.29 is 23.9 Å². The van der Waals surface area contributed by atoms with Crippen molar-refractivity contribution >= 4 is 41.1 Å². The van der Waals surface area contributed by atoms with Gasteiger partial charge in [-0.1, -0.05) is 23.7 Å². The minimum Gasteiger partial charge on any atom is -0.444 e. The molecule has 2 aliphatic rings. The summed E-state index contributed by atoms with van der Waals surface area (Å²) in [6, 6.07) is 10.8. The third-order valence-corrected chi connectivity index (χ3v) is 5.45. The Kier molecular flexibility index (Phi) is 5.79. The van der Waals surface area contributed by atoms with Gasteiger partial charge in [-0.15, -0.1) is 0 Å². The topological polar surface area (TPSA) is 129 Å². The highest BCUT2D eigenvalue weighted by Gasteiger charge is 2.39. The highest BCUT2D eigenvalue weighted by molar-refractivity contribution is 6.31. The number of piperidine rings is 1. The maximum Gasteiger partial charge on any atom is 0.411 e. The summed E-state index contributed by atoms with van der Waals surface area (Å²) in [5, 5.41) is 14.1. The van der Waals surface area contributed by atoms with E-state index < -0.39 is 18.0 Å². The van der Waals surface area contributed by atoms with Gasteiger partial charge in [0, 0.05) is 29.2 Å². The Labute approximate surface area is 187 Å². The number of carbonyl (C=O) groups is 4. The number of hydrogen-bond acceptors (Lipinski definition) is 6. The molecule has 0 aromatic heterocycles. The van der Waals surface area contributed by atoms with E-state index in [1.54, 1.807) is 18.2 Å². The molecule has 1 fully saturated rings. The van der Waals surface area contributed by atoms with Gasteiger partial charge in [-0.05, 0) is 41.8 Å². The highest BCUT2D eigenvalue weighted by Crippen LogP contribution is 2.28. The van der Waals surface area contributed by atoms with Gasteiger partial charge in [0.1, 0.15) is 12.6 Å². The SMILES string of the molecule is N#Cc1cc(Cl)cc(NC(=O)OCc2ccc3c(c2)C(=O)N(C2CCC(=O)NC2=O)C3)c1. The number of hydrogen-bond donors (Lipinski definition) is 2. The third kappa shape index (κ3) is 4.40. The van der Waals surface area contributed by atoms with Crippen LogP contribution in [0.2, 0.25) is 5.02 Å². The summed E-state index contributed by atoms with van der Waals surface area (Å²) in [6.07, 6.45) is -0.265. The summed E-state index contributed by atoms with van der Waals surface area (Å²) in [6.45, 7) is 0.189. The van der Waals surface area contributed by atoms with Gasteiger partial charge in [-0.3, -0.25) is 25.0 Å². The van der Waals surface area contributed by atoms with E-state index in [0.717, 1.165) is 5.56 Å². The van der Waals surface area contributed by atoms with E-state index in [9.17, 15) is 19.2 Å². The quantitative estimate of drug-likeness (QED) is 0.686. The molecule has 0 spiro atoms. The van der Waals surface area contributed by atoms with Crippen LogP contribution in [0.25, 0.3) is 0 Å². The van der Waals surface area contributed by atoms with Crippen LogP contribution in [0.5, 0.6) is 0 Å². The predicted octanol–water partition coefficient (Wildman–Crippen LogP) is 2.72. The first kappa shape index (κ1) is 21.3. The van der Waals surface area contributed by atoms with E-state index >= 15 is 0 Å². The summed E-state index contributed by atoms with van der Waals surface area (Å²) >= 11 is 5.92. The number of rotatable bonds is 4. The summed E-state index contributed by atoms with van der Waals surface area (Å²) in [4.78, 5) is 49.9. The van der Waals surface area contributed by atoms with Crippen molar-refractivity contribution in [3.05, 3.63) is 63.7 Å². The molecule has 2 aromatic rings. The van der Waals surface area contributed by atoms with Crippen molar-refractivity contribution in [1.82, 2.24) is 10.2 Å². The van der Waals surface area contributed by atoms with Gasteiger partial charge >= 0.3 is 6.09 Å². The number of amides is 4. The molecule has 0 radical (unpaired) electrons. The number of fused-ring (bicyclic) bond motifs is 1. The fourth-order valence-corrected chi connectivity index (χ4v) is 3.96. The van der Waals surface area contributed by atoms with E-state index in [1.807, 2.05) is 6.07 Å². The van der Waals surface area contributed by atoms with E-state index in [4.69, 9.17) is 21.6 Å². The average Bonchev–Trinajstić information content (AvgIpc) is 3.07. The van der Waals surface area contributed by atoms with Gasteiger partial charge in [0.15, 0.2) is 0 Å². The lowest BCUT2D eigenvalue weighted by Gasteiger charge is -2.29. The first-order chi connectivity index (χ1) is 15.3. The molecule has 1 saturated heterocycles. The Morgan fingerprint density at radius 2 is 2.06 bits per heavy atom. The predicted molar refractivity (Wildman–Crippen MR) is 112 cm³/mol. The van der Waals surface area contributed by atoms with Crippen LogP contribution in [0.4, 0.5) is 10.5 Å². The van der Waals surface area contributed by atoms with Crippen molar-refractivity contribution in [2.45, 2.75) is 32.0 Å². The first-order valence-electron chi connectivity index (χ1n) is 9.75. The van der Waals surface area contributed by atoms with Crippen molar-refractivity contribution in [3.63, 3.8) is 0 Å². The number of nitrogens with zero attached hydrogens (tertiary/aromatic N) is 2.